The molecule has 0 aliphatic carbocycles. The molecule has 1 aliphatic heterocycles. The lowest BCUT2D eigenvalue weighted by atomic mass is 10.1. The summed E-state index contributed by atoms with van der Waals surface area (Å²) in [6, 6.07) is 15.8. The molecule has 1 fully saturated rings. The van der Waals surface area contributed by atoms with Gasteiger partial charge >= 0.3 is 0 Å². The van der Waals surface area contributed by atoms with E-state index in [0.717, 1.165) is 28.3 Å². The first-order valence-electron chi connectivity index (χ1n) is 9.22. The van der Waals surface area contributed by atoms with Gasteiger partial charge in [0.2, 0.25) is 0 Å². The molecule has 1 saturated heterocycles. The lowest BCUT2D eigenvalue weighted by Gasteiger charge is -2.04. The maximum atomic E-state index is 12.4. The lowest BCUT2D eigenvalue weighted by Crippen LogP contribution is -2.19. The summed E-state index contributed by atoms with van der Waals surface area (Å²) in [5.41, 5.74) is 5.14. The number of aliphatic imine (C=N–C) groups is 1. The molecule has 4 rings (SSSR count). The predicted molar refractivity (Wildman–Crippen MR) is 119 cm³/mol. The maximum absolute atomic E-state index is 12.4. The van der Waals surface area contributed by atoms with E-state index in [2.05, 4.69) is 23.3 Å². The Hall–Kier alpha value is -3.25. The topological polar surface area (TPSA) is 55.6 Å². The molecule has 1 aromatic heterocycles. The summed E-state index contributed by atoms with van der Waals surface area (Å²) in [5.74, 6) is 0.689. The summed E-state index contributed by atoms with van der Waals surface area (Å²) >= 11 is 1.36. The molecule has 0 saturated carbocycles. The highest BCUT2D eigenvalue weighted by atomic mass is 32.2. The molecule has 0 radical (unpaired) electrons. The number of rotatable bonds is 4. The normalized spacial score (nSPS) is 16.4. The molecule has 29 heavy (non-hydrogen) atoms. The Morgan fingerprint density at radius 1 is 1.10 bits per heavy atom. The molecule has 146 valence electrons. The summed E-state index contributed by atoms with van der Waals surface area (Å²) in [6.45, 7) is 4.09. The summed E-state index contributed by atoms with van der Waals surface area (Å²) < 4.78 is 7.21. The Morgan fingerprint density at radius 2 is 1.90 bits per heavy atom. The van der Waals surface area contributed by atoms with Crippen LogP contribution in [-0.2, 0) is 4.79 Å². The number of nitrogens with one attached hydrogen (secondary N) is 1. The molecule has 2 aromatic carbocycles. The molecule has 0 atom stereocenters. The van der Waals surface area contributed by atoms with Crippen molar-refractivity contribution in [2.24, 2.45) is 4.99 Å². The van der Waals surface area contributed by atoms with E-state index in [1.807, 2.05) is 72.4 Å². The Kier molecular flexibility index (Phi) is 5.27. The van der Waals surface area contributed by atoms with Crippen molar-refractivity contribution in [3.63, 3.8) is 0 Å². The van der Waals surface area contributed by atoms with Gasteiger partial charge < -0.3 is 14.6 Å². The van der Waals surface area contributed by atoms with Crippen molar-refractivity contribution in [1.82, 2.24) is 9.88 Å². The number of thioether (sulfide) groups is 1. The predicted octanol–water partition coefficient (Wildman–Crippen LogP) is 4.99. The van der Waals surface area contributed by atoms with Crippen LogP contribution in [0.2, 0.25) is 0 Å². The molecule has 5 nitrogen and oxygen atoms in total. The third kappa shape index (κ3) is 4.12. The zero-order chi connectivity index (χ0) is 20.4. The maximum Gasteiger partial charge on any atom is 0.264 e. The van der Waals surface area contributed by atoms with Crippen molar-refractivity contribution in [3.05, 3.63) is 82.5 Å². The molecule has 0 bridgehead atoms. The highest BCUT2D eigenvalue weighted by Crippen LogP contribution is 2.30. The van der Waals surface area contributed by atoms with Gasteiger partial charge in [-0.2, -0.15) is 0 Å². The number of nitrogens with zero attached hydrogens (tertiary/aromatic N) is 2. The Bertz CT molecular complexity index is 1130. The van der Waals surface area contributed by atoms with Crippen molar-refractivity contribution in [2.75, 3.05) is 7.11 Å². The highest BCUT2D eigenvalue weighted by molar-refractivity contribution is 8.18. The van der Waals surface area contributed by atoms with Crippen LogP contribution < -0.4 is 10.1 Å². The van der Waals surface area contributed by atoms with Crippen molar-refractivity contribution in [3.8, 4) is 11.4 Å². The zero-order valence-corrected chi connectivity index (χ0v) is 17.3. The number of carbonyl (C=O) groups excluding carboxylic acids is 1. The van der Waals surface area contributed by atoms with Crippen LogP contribution >= 0.6 is 11.8 Å². The van der Waals surface area contributed by atoms with E-state index in [-0.39, 0.29) is 5.91 Å². The molecule has 2 heterocycles. The van der Waals surface area contributed by atoms with Crippen molar-refractivity contribution >= 4 is 34.6 Å². The molecule has 3 aromatic rings. The second kappa shape index (κ2) is 8.01. The summed E-state index contributed by atoms with van der Waals surface area (Å²) in [6.07, 6.45) is 5.84. The first-order chi connectivity index (χ1) is 14.0. The van der Waals surface area contributed by atoms with Crippen molar-refractivity contribution < 1.29 is 9.53 Å². The van der Waals surface area contributed by atoms with Gasteiger partial charge in [0.15, 0.2) is 5.17 Å². The van der Waals surface area contributed by atoms with Crippen LogP contribution in [0.15, 0.2) is 70.8 Å². The lowest BCUT2D eigenvalue weighted by molar-refractivity contribution is -0.115. The Labute approximate surface area is 174 Å². The zero-order valence-electron chi connectivity index (χ0n) is 16.5. The third-order valence-corrected chi connectivity index (χ3v) is 5.74. The first-order valence-corrected chi connectivity index (χ1v) is 10.0. The van der Waals surface area contributed by atoms with Crippen LogP contribution in [0.1, 0.15) is 16.7 Å². The van der Waals surface area contributed by atoms with Gasteiger partial charge in [0.1, 0.15) is 5.75 Å². The van der Waals surface area contributed by atoms with Crippen LogP contribution in [-0.4, -0.2) is 22.8 Å². The monoisotopic (exact) mass is 403 g/mol. The minimum Gasteiger partial charge on any atom is -0.497 e. The second-order valence-electron chi connectivity index (χ2n) is 6.75. The molecule has 0 spiro atoms. The van der Waals surface area contributed by atoms with Crippen molar-refractivity contribution in [2.45, 2.75) is 13.8 Å². The number of benzene rings is 2. The van der Waals surface area contributed by atoms with E-state index in [1.165, 1.54) is 17.3 Å². The average Bonchev–Trinajstić information content (AvgIpc) is 3.32. The van der Waals surface area contributed by atoms with Crippen LogP contribution in [0.3, 0.4) is 0 Å². The van der Waals surface area contributed by atoms with Gasteiger partial charge in [-0.1, -0.05) is 12.1 Å². The van der Waals surface area contributed by atoms with Gasteiger partial charge in [0.05, 0.1) is 17.7 Å². The number of aryl methyl sites for hydroxylation is 1. The molecule has 0 unspecified atom stereocenters. The number of amides is 1. The molecule has 1 aliphatic rings. The third-order valence-electron chi connectivity index (χ3n) is 4.83. The number of amidine groups is 1. The van der Waals surface area contributed by atoms with E-state index in [1.54, 1.807) is 7.11 Å². The molecular weight excluding hydrogens is 382 g/mol. The number of hydrogen-bond donors (Lipinski definition) is 1. The van der Waals surface area contributed by atoms with E-state index >= 15 is 0 Å². The fourth-order valence-electron chi connectivity index (χ4n) is 3.01. The number of ether oxygens (including phenoxy) is 1. The Morgan fingerprint density at radius 3 is 2.66 bits per heavy atom. The number of methoxy groups -OCH3 is 1. The van der Waals surface area contributed by atoms with Gasteiger partial charge in [0.25, 0.3) is 5.91 Å². The fraction of sp³-hybridized carbons (Fsp3) is 0.130. The van der Waals surface area contributed by atoms with Crippen LogP contribution in [0, 0.1) is 13.8 Å². The van der Waals surface area contributed by atoms with E-state index in [0.29, 0.717) is 10.1 Å². The minimum absolute atomic E-state index is 0.128. The number of aromatic nitrogens is 1. The Balaban J connectivity index is 1.54. The molecule has 6 heteroatoms. The minimum atomic E-state index is -0.128. The average molecular weight is 404 g/mol. The van der Waals surface area contributed by atoms with E-state index in [4.69, 9.17) is 4.74 Å². The van der Waals surface area contributed by atoms with Crippen molar-refractivity contribution in [1.29, 1.82) is 0 Å². The molecule has 1 N–H and O–H groups in total. The first kappa shape index (κ1) is 19.1. The SMILES string of the molecule is COc1ccc(-n2ccc(/C=C3/SC(=Nc4cccc(C)c4C)NC3=O)c2)cc1. The van der Waals surface area contributed by atoms with Crippen LogP contribution in [0.4, 0.5) is 5.69 Å². The van der Waals surface area contributed by atoms with Crippen LogP contribution in [0.25, 0.3) is 11.8 Å². The van der Waals surface area contributed by atoms with E-state index in [9.17, 15) is 4.79 Å². The number of carbonyl (C=O) groups is 1. The summed E-state index contributed by atoms with van der Waals surface area (Å²) in [7, 11) is 1.65. The molecular formula is C23H21N3O2S. The second-order valence-corrected chi connectivity index (χ2v) is 7.78. The van der Waals surface area contributed by atoms with Gasteiger partial charge in [-0.25, -0.2) is 4.99 Å². The molecule has 1 amide bonds. The van der Waals surface area contributed by atoms with Gasteiger partial charge in [0, 0.05) is 18.1 Å². The van der Waals surface area contributed by atoms with E-state index < -0.39 is 0 Å². The standard InChI is InChI=1S/C23H21N3O2S/c1-15-5-4-6-20(16(15)2)24-23-25-22(27)21(29-23)13-17-11-12-26(14-17)18-7-9-19(28-3)10-8-18/h4-14H,1-3H3,(H,24,25,27)/b21-13+. The fourth-order valence-corrected chi connectivity index (χ4v) is 3.85. The summed E-state index contributed by atoms with van der Waals surface area (Å²) in [5, 5.41) is 3.46. The number of hydrogen-bond acceptors (Lipinski definition) is 4. The quantitative estimate of drug-likeness (QED) is 0.624. The van der Waals surface area contributed by atoms with Gasteiger partial charge in [-0.3, -0.25) is 4.79 Å². The smallest absolute Gasteiger partial charge is 0.264 e. The highest BCUT2D eigenvalue weighted by Gasteiger charge is 2.24. The van der Waals surface area contributed by atoms with Gasteiger partial charge in [-0.05, 0) is 84.8 Å². The summed E-state index contributed by atoms with van der Waals surface area (Å²) in [4.78, 5) is 17.6. The van der Waals surface area contributed by atoms with Gasteiger partial charge in [-0.15, -0.1) is 0 Å². The largest absolute Gasteiger partial charge is 0.497 e. The van der Waals surface area contributed by atoms with Crippen LogP contribution in [0.5, 0.6) is 5.75 Å².